The Morgan fingerprint density at radius 3 is 2.69 bits per heavy atom. The van der Waals surface area contributed by atoms with E-state index in [0.29, 0.717) is 18.9 Å². The van der Waals surface area contributed by atoms with Crippen LogP contribution in [0.5, 0.6) is 0 Å². The van der Waals surface area contributed by atoms with Crippen LogP contribution in [0.4, 0.5) is 0 Å². The average molecular weight is 385 g/mol. The topological polar surface area (TPSA) is 115 Å². The van der Waals surface area contributed by atoms with E-state index in [9.17, 15) is 24.9 Å². The summed E-state index contributed by atoms with van der Waals surface area (Å²) in [4.78, 5) is 23.2. The number of carbonyl (C=O) groups excluding carboxylic acids is 1. The lowest BCUT2D eigenvalue weighted by Crippen LogP contribution is -2.24. The van der Waals surface area contributed by atoms with E-state index < -0.39 is 67.1 Å². The SMILES string of the molecule is [3H]/C(=C\[C@]1([3H])[C@@]([3H])(CC(=O)C([3H])CCCC(=O)O)[C@@]([3H])(O)C[C@@]1([3H])O)[C@@]([3H])(O)CCCCC. The Hall–Kier alpha value is -1.24. The molecule has 0 aromatic rings. The number of aliphatic hydroxyl groups is 3. The van der Waals surface area contributed by atoms with Crippen LogP contribution in [-0.2, 0) is 9.59 Å². The summed E-state index contributed by atoms with van der Waals surface area (Å²) >= 11 is 0. The van der Waals surface area contributed by atoms with Gasteiger partial charge in [-0.3, -0.25) is 9.59 Å². The Kier molecular flexibility index (Phi) is 6.50. The fraction of sp³-hybridized carbons (Fsp3) is 0.800. The van der Waals surface area contributed by atoms with E-state index in [1.165, 1.54) is 0 Å². The fourth-order valence-electron chi connectivity index (χ4n) is 2.59. The molecule has 0 aromatic heterocycles. The number of rotatable bonds is 13. The van der Waals surface area contributed by atoms with Gasteiger partial charge in [-0.15, -0.1) is 0 Å². The summed E-state index contributed by atoms with van der Waals surface area (Å²) < 4.78 is 57.5. The van der Waals surface area contributed by atoms with E-state index in [4.69, 9.17) is 14.7 Å². The Labute approximate surface area is 165 Å². The molecular formula is C20H34O6. The van der Waals surface area contributed by atoms with E-state index in [1.54, 1.807) is 0 Å². The third-order valence-corrected chi connectivity index (χ3v) is 4.04. The predicted octanol–water partition coefficient (Wildman–Crippen LogP) is 2.45. The third kappa shape index (κ3) is 8.43. The van der Waals surface area contributed by atoms with Crippen LogP contribution in [0.1, 0.15) is 80.7 Å². The molecule has 6 nitrogen and oxygen atoms in total. The second-order valence-electron chi connectivity index (χ2n) is 6.29. The second-order valence-corrected chi connectivity index (χ2v) is 6.29. The van der Waals surface area contributed by atoms with Crippen LogP contribution in [0.2, 0.25) is 0 Å². The molecule has 1 aliphatic carbocycles. The van der Waals surface area contributed by atoms with E-state index in [1.807, 2.05) is 6.92 Å². The predicted molar refractivity (Wildman–Crippen MR) is 98.6 cm³/mol. The molecule has 0 spiro atoms. The van der Waals surface area contributed by atoms with Crippen molar-refractivity contribution in [1.29, 1.82) is 0 Å². The molecule has 0 bridgehead atoms. The quantitative estimate of drug-likeness (QED) is 0.286. The molecule has 1 aliphatic rings. The molecule has 0 heterocycles. The van der Waals surface area contributed by atoms with Crippen molar-refractivity contribution in [2.75, 3.05) is 0 Å². The van der Waals surface area contributed by atoms with Crippen LogP contribution >= 0.6 is 0 Å². The zero-order chi connectivity index (χ0) is 25.9. The highest BCUT2D eigenvalue weighted by Gasteiger charge is 2.41. The molecule has 1 unspecified atom stereocenters. The highest BCUT2D eigenvalue weighted by atomic mass is 16.4. The molecule has 6 heteroatoms. The smallest absolute Gasteiger partial charge is 0.303 e. The summed E-state index contributed by atoms with van der Waals surface area (Å²) in [5, 5.41) is 40.1. The molecule has 0 aromatic carbocycles. The van der Waals surface area contributed by atoms with E-state index in [2.05, 4.69) is 0 Å². The molecule has 6 atom stereocenters. The highest BCUT2D eigenvalue weighted by molar-refractivity contribution is 5.78. The van der Waals surface area contributed by atoms with Crippen molar-refractivity contribution in [3.05, 3.63) is 12.1 Å². The van der Waals surface area contributed by atoms with Crippen LogP contribution in [0.15, 0.2) is 12.1 Å². The van der Waals surface area contributed by atoms with Gasteiger partial charge in [-0.25, -0.2) is 0 Å². The van der Waals surface area contributed by atoms with Crippen LogP contribution in [-0.4, -0.2) is 50.4 Å². The van der Waals surface area contributed by atoms with Crippen molar-refractivity contribution >= 4 is 11.8 Å². The molecule has 0 amide bonds. The molecule has 150 valence electrons. The normalized spacial score (nSPS) is 45.1. The van der Waals surface area contributed by atoms with Gasteiger partial charge in [0.15, 0.2) is 0 Å². The van der Waals surface area contributed by atoms with Crippen molar-refractivity contribution in [2.45, 2.75) is 89.3 Å². The van der Waals surface area contributed by atoms with Gasteiger partial charge in [-0.05, 0) is 19.3 Å². The van der Waals surface area contributed by atoms with Crippen molar-refractivity contribution in [2.24, 2.45) is 11.8 Å². The Morgan fingerprint density at radius 2 is 2.04 bits per heavy atom. The lowest BCUT2D eigenvalue weighted by Gasteiger charge is -2.20. The standard InChI is InChI=1S/C20H34O6/c1-2-3-4-7-14(21)10-11-16-17(19(24)13-18(16)23)12-15(22)8-5-6-9-20(25)26/h10-11,14,16-19,21,23-24H,2-9,12-13H2,1H3,(H,25,26)/b11-10+/t14-,16+,17+,18+,19-/m0/s1/i8T,10T,14T,16T,17T,18T,19T/t8?,14-,16+,17+,18+,19-. The van der Waals surface area contributed by atoms with Gasteiger partial charge in [0.1, 0.15) is 5.78 Å². The zero-order valence-corrected chi connectivity index (χ0v) is 15.1. The van der Waals surface area contributed by atoms with Crippen molar-refractivity contribution in [3.8, 4) is 0 Å². The summed E-state index contributed by atoms with van der Waals surface area (Å²) in [6.07, 6.45) is -10.7. The summed E-state index contributed by atoms with van der Waals surface area (Å²) in [6.45, 7) is 1.89. The molecule has 0 radical (unpaired) electrons. The Morgan fingerprint density at radius 1 is 1.31 bits per heavy atom. The molecule has 1 saturated carbocycles. The van der Waals surface area contributed by atoms with Crippen molar-refractivity contribution in [1.82, 2.24) is 0 Å². The first-order valence-electron chi connectivity index (χ1n) is 12.5. The van der Waals surface area contributed by atoms with E-state index >= 15 is 0 Å². The average Bonchev–Trinajstić information content (AvgIpc) is 2.75. The van der Waals surface area contributed by atoms with Gasteiger partial charge in [-0.2, -0.15) is 0 Å². The second kappa shape index (κ2) is 12.2. The van der Waals surface area contributed by atoms with Crippen LogP contribution in [0.3, 0.4) is 0 Å². The maximum Gasteiger partial charge on any atom is 0.303 e. The molecular weight excluding hydrogens is 336 g/mol. The minimum absolute atomic E-state index is 0.0137. The molecule has 4 N–H and O–H groups in total. The van der Waals surface area contributed by atoms with Crippen LogP contribution in [0, 0.1) is 11.8 Å². The molecule has 0 saturated heterocycles. The number of unbranched alkanes of at least 4 members (excludes halogenated alkanes) is 2. The highest BCUT2D eigenvalue weighted by Crippen LogP contribution is 2.36. The van der Waals surface area contributed by atoms with Crippen molar-refractivity contribution < 1.29 is 39.6 Å². The van der Waals surface area contributed by atoms with E-state index in [-0.39, 0.29) is 25.7 Å². The van der Waals surface area contributed by atoms with Gasteiger partial charge in [0.2, 0.25) is 0 Å². The molecule has 0 aliphatic heterocycles. The molecule has 1 fully saturated rings. The van der Waals surface area contributed by atoms with Gasteiger partial charge < -0.3 is 20.4 Å². The summed E-state index contributed by atoms with van der Waals surface area (Å²) in [7, 11) is 0. The summed E-state index contributed by atoms with van der Waals surface area (Å²) in [5.41, 5.74) is 0. The maximum atomic E-state index is 12.6. The number of carboxylic acid groups (broad SMARTS) is 1. The van der Waals surface area contributed by atoms with Gasteiger partial charge in [0.25, 0.3) is 0 Å². The molecule has 26 heavy (non-hydrogen) atoms. The van der Waals surface area contributed by atoms with Gasteiger partial charge in [0, 0.05) is 41.6 Å². The lowest BCUT2D eigenvalue weighted by atomic mass is 9.87. The Balaban J connectivity index is 3.31. The fourth-order valence-corrected chi connectivity index (χ4v) is 2.59. The first-order chi connectivity index (χ1) is 14.9. The first kappa shape index (κ1) is 13.9. The van der Waals surface area contributed by atoms with Gasteiger partial charge in [-0.1, -0.05) is 38.3 Å². The van der Waals surface area contributed by atoms with E-state index in [0.717, 1.165) is 6.42 Å². The number of aliphatic carboxylic acids is 1. The maximum absolute atomic E-state index is 12.6. The van der Waals surface area contributed by atoms with Gasteiger partial charge >= 0.3 is 5.97 Å². The summed E-state index contributed by atoms with van der Waals surface area (Å²) in [6, 6.07) is -0.912. The summed E-state index contributed by atoms with van der Waals surface area (Å²) in [5.74, 6) is -8.00. The van der Waals surface area contributed by atoms with Crippen LogP contribution in [0.25, 0.3) is 0 Å². The lowest BCUT2D eigenvalue weighted by molar-refractivity contribution is -0.137. The monoisotopic (exact) mass is 384 g/mol. The van der Waals surface area contributed by atoms with Gasteiger partial charge in [0.05, 0.1) is 23.7 Å². The largest absolute Gasteiger partial charge is 0.481 e. The number of carboxylic acids is 1. The number of hydrogen-bond donors (Lipinski definition) is 4. The minimum atomic E-state index is -3.02. The number of ketones is 1. The minimum Gasteiger partial charge on any atom is -0.481 e. The third-order valence-electron chi connectivity index (χ3n) is 4.04. The zero-order valence-electron chi connectivity index (χ0n) is 22.1. The first-order valence-corrected chi connectivity index (χ1v) is 8.91. The number of Topliss-reactive ketones (excluding diaryl/α,β-unsaturated/α-hetero) is 1. The molecule has 1 rings (SSSR count). The number of hydrogen-bond acceptors (Lipinski definition) is 5. The number of carbonyl (C=O) groups is 2. The van der Waals surface area contributed by atoms with Crippen molar-refractivity contribution in [3.63, 3.8) is 0 Å². The Bertz CT molecular complexity index is 757. The van der Waals surface area contributed by atoms with Crippen LogP contribution < -0.4 is 0 Å².